The van der Waals surface area contributed by atoms with Crippen LogP contribution < -0.4 is 10.6 Å². The molecule has 3 aromatic rings. The molecule has 146 valence electrons. The number of hydrogen-bond acceptors (Lipinski definition) is 5. The van der Waals surface area contributed by atoms with Crippen molar-refractivity contribution in [2.75, 3.05) is 31.1 Å². The van der Waals surface area contributed by atoms with Gasteiger partial charge in [0, 0.05) is 51.0 Å². The Hall–Kier alpha value is -2.69. The number of hydrogen-bond donors (Lipinski definition) is 1. The van der Waals surface area contributed by atoms with Gasteiger partial charge in [-0.15, -0.1) is 24.0 Å². The molecule has 2 aromatic heterocycles. The highest BCUT2D eigenvalue weighted by Gasteiger charge is 2.19. The summed E-state index contributed by atoms with van der Waals surface area (Å²) in [6.07, 6.45) is 9.02. The first-order valence-corrected chi connectivity index (χ1v) is 8.94. The summed E-state index contributed by atoms with van der Waals surface area (Å²) in [5.74, 6) is 1.34. The van der Waals surface area contributed by atoms with Gasteiger partial charge < -0.3 is 20.1 Å². The van der Waals surface area contributed by atoms with Crippen LogP contribution >= 0.6 is 24.0 Å². The molecule has 8 nitrogen and oxygen atoms in total. The Labute approximate surface area is 181 Å². The molecule has 0 bridgehead atoms. The number of aliphatic imine (C=N–C) groups is 1. The number of para-hydroxylation sites is 1. The molecule has 1 aliphatic heterocycles. The molecular formula is C19H23IN8. The lowest BCUT2D eigenvalue weighted by Gasteiger charge is -2.35. The third-order valence-electron chi connectivity index (χ3n) is 4.62. The Balaban J connectivity index is 0.00000225. The molecule has 0 unspecified atom stereocenters. The van der Waals surface area contributed by atoms with Crippen LogP contribution in [-0.2, 0) is 6.54 Å². The average Bonchev–Trinajstić information content (AvgIpc) is 3.28. The zero-order valence-electron chi connectivity index (χ0n) is 15.4. The van der Waals surface area contributed by atoms with Gasteiger partial charge in [0.05, 0.1) is 18.6 Å². The Bertz CT molecular complexity index is 889. The summed E-state index contributed by atoms with van der Waals surface area (Å²) in [6, 6.07) is 9.97. The van der Waals surface area contributed by atoms with Crippen LogP contribution in [0.3, 0.4) is 0 Å². The molecule has 28 heavy (non-hydrogen) atoms. The second-order valence-electron chi connectivity index (χ2n) is 6.30. The van der Waals surface area contributed by atoms with Crippen LogP contribution in [0.1, 0.15) is 5.56 Å². The molecule has 1 aromatic carbocycles. The molecule has 2 N–H and O–H groups in total. The van der Waals surface area contributed by atoms with Crippen LogP contribution in [0.25, 0.3) is 5.69 Å². The predicted molar refractivity (Wildman–Crippen MR) is 120 cm³/mol. The van der Waals surface area contributed by atoms with Gasteiger partial charge in [0.15, 0.2) is 5.96 Å². The zero-order chi connectivity index (χ0) is 18.5. The van der Waals surface area contributed by atoms with Crippen molar-refractivity contribution in [2.45, 2.75) is 6.54 Å². The summed E-state index contributed by atoms with van der Waals surface area (Å²) in [5.41, 5.74) is 8.43. The van der Waals surface area contributed by atoms with Gasteiger partial charge in [0.1, 0.15) is 0 Å². The summed E-state index contributed by atoms with van der Waals surface area (Å²) in [4.78, 5) is 21.6. The van der Waals surface area contributed by atoms with E-state index >= 15 is 0 Å². The molecule has 0 spiro atoms. The quantitative estimate of drug-likeness (QED) is 0.342. The summed E-state index contributed by atoms with van der Waals surface area (Å²) in [6.45, 7) is 3.79. The first kappa shape index (κ1) is 20.1. The standard InChI is InChI=1S/C19H22N8.HI/c20-18(25-10-12-26(13-11-25)19-22-6-3-7-23-19)24-14-16-4-1-2-5-17(16)27-9-8-21-15-27;/h1-9,15H,10-14H2,(H2,20,24);1H. The third-order valence-corrected chi connectivity index (χ3v) is 4.62. The molecule has 1 aliphatic rings. The van der Waals surface area contributed by atoms with Gasteiger partial charge in [-0.2, -0.15) is 0 Å². The highest BCUT2D eigenvalue weighted by Crippen LogP contribution is 2.15. The lowest BCUT2D eigenvalue weighted by Crippen LogP contribution is -2.51. The third kappa shape index (κ3) is 4.58. The van der Waals surface area contributed by atoms with Crippen LogP contribution in [0.2, 0.25) is 0 Å². The van der Waals surface area contributed by atoms with E-state index in [0.717, 1.165) is 43.4 Å². The molecule has 4 rings (SSSR count). The number of nitrogens with zero attached hydrogens (tertiary/aromatic N) is 7. The van der Waals surface area contributed by atoms with E-state index in [2.05, 4.69) is 41.9 Å². The van der Waals surface area contributed by atoms with Gasteiger partial charge in [-0.1, -0.05) is 18.2 Å². The lowest BCUT2D eigenvalue weighted by atomic mass is 10.2. The summed E-state index contributed by atoms with van der Waals surface area (Å²) in [7, 11) is 0. The van der Waals surface area contributed by atoms with Crippen LogP contribution in [0.4, 0.5) is 5.95 Å². The van der Waals surface area contributed by atoms with Crippen molar-refractivity contribution < 1.29 is 0 Å². The number of guanidine groups is 1. The lowest BCUT2D eigenvalue weighted by molar-refractivity contribution is 0.378. The molecule has 0 atom stereocenters. The number of anilines is 1. The minimum atomic E-state index is 0. The Morgan fingerprint density at radius 3 is 2.46 bits per heavy atom. The van der Waals surface area contributed by atoms with Crippen molar-refractivity contribution in [3.63, 3.8) is 0 Å². The van der Waals surface area contributed by atoms with E-state index in [0.29, 0.717) is 12.5 Å². The summed E-state index contributed by atoms with van der Waals surface area (Å²) >= 11 is 0. The predicted octanol–water partition coefficient (Wildman–Crippen LogP) is 1.92. The van der Waals surface area contributed by atoms with Crippen molar-refractivity contribution in [3.8, 4) is 5.69 Å². The van der Waals surface area contributed by atoms with E-state index in [1.54, 1.807) is 24.9 Å². The minimum Gasteiger partial charge on any atom is -0.370 e. The number of benzene rings is 1. The average molecular weight is 490 g/mol. The van der Waals surface area contributed by atoms with Crippen molar-refractivity contribution in [2.24, 2.45) is 10.7 Å². The summed E-state index contributed by atoms with van der Waals surface area (Å²) < 4.78 is 1.99. The fourth-order valence-electron chi connectivity index (χ4n) is 3.15. The maximum Gasteiger partial charge on any atom is 0.225 e. The van der Waals surface area contributed by atoms with Crippen LogP contribution in [0.5, 0.6) is 0 Å². The molecule has 0 amide bonds. The highest BCUT2D eigenvalue weighted by atomic mass is 127. The van der Waals surface area contributed by atoms with Gasteiger partial charge in [-0.05, 0) is 17.7 Å². The fourth-order valence-corrected chi connectivity index (χ4v) is 3.15. The second kappa shape index (κ2) is 9.49. The van der Waals surface area contributed by atoms with E-state index in [9.17, 15) is 0 Å². The number of piperazine rings is 1. The van der Waals surface area contributed by atoms with E-state index in [-0.39, 0.29) is 24.0 Å². The van der Waals surface area contributed by atoms with E-state index in [1.165, 1.54) is 0 Å². The van der Waals surface area contributed by atoms with Crippen molar-refractivity contribution >= 4 is 35.9 Å². The molecular weight excluding hydrogens is 467 g/mol. The number of rotatable bonds is 4. The van der Waals surface area contributed by atoms with Gasteiger partial charge in [-0.3, -0.25) is 0 Å². The monoisotopic (exact) mass is 490 g/mol. The Morgan fingerprint density at radius 2 is 1.75 bits per heavy atom. The van der Waals surface area contributed by atoms with Gasteiger partial charge in [-0.25, -0.2) is 19.9 Å². The molecule has 0 saturated carbocycles. The zero-order valence-corrected chi connectivity index (χ0v) is 17.8. The second-order valence-corrected chi connectivity index (χ2v) is 6.30. The van der Waals surface area contributed by atoms with Crippen LogP contribution in [0, 0.1) is 0 Å². The molecule has 0 aliphatic carbocycles. The number of aromatic nitrogens is 4. The van der Waals surface area contributed by atoms with Gasteiger partial charge in [0.25, 0.3) is 0 Å². The first-order chi connectivity index (χ1) is 13.3. The molecule has 9 heteroatoms. The van der Waals surface area contributed by atoms with Crippen molar-refractivity contribution in [3.05, 3.63) is 67.0 Å². The number of halogens is 1. The summed E-state index contributed by atoms with van der Waals surface area (Å²) in [5, 5.41) is 0. The van der Waals surface area contributed by atoms with Crippen molar-refractivity contribution in [1.29, 1.82) is 0 Å². The molecule has 1 fully saturated rings. The van der Waals surface area contributed by atoms with Gasteiger partial charge >= 0.3 is 0 Å². The van der Waals surface area contributed by atoms with E-state index in [4.69, 9.17) is 5.73 Å². The van der Waals surface area contributed by atoms with Crippen LogP contribution in [-0.4, -0.2) is 56.6 Å². The maximum absolute atomic E-state index is 6.26. The topological polar surface area (TPSA) is 88.5 Å². The molecule has 1 saturated heterocycles. The largest absolute Gasteiger partial charge is 0.370 e. The van der Waals surface area contributed by atoms with E-state index in [1.807, 2.05) is 29.0 Å². The minimum absolute atomic E-state index is 0. The molecule has 0 radical (unpaired) electrons. The van der Waals surface area contributed by atoms with E-state index < -0.39 is 0 Å². The molecule has 3 heterocycles. The first-order valence-electron chi connectivity index (χ1n) is 8.94. The Kier molecular flexibility index (Phi) is 6.80. The van der Waals surface area contributed by atoms with Crippen LogP contribution in [0.15, 0.2) is 66.4 Å². The highest BCUT2D eigenvalue weighted by molar-refractivity contribution is 14.0. The SMILES string of the molecule is I.NC(=NCc1ccccc1-n1ccnc1)N1CCN(c2ncccn2)CC1. The smallest absolute Gasteiger partial charge is 0.225 e. The Morgan fingerprint density at radius 1 is 1.00 bits per heavy atom. The normalized spacial score (nSPS) is 14.6. The van der Waals surface area contributed by atoms with Gasteiger partial charge in [0.2, 0.25) is 5.95 Å². The number of nitrogens with two attached hydrogens (primary N) is 1. The number of imidazole rings is 1. The van der Waals surface area contributed by atoms with Crippen molar-refractivity contribution in [1.82, 2.24) is 24.4 Å². The maximum atomic E-state index is 6.26. The fraction of sp³-hybridized carbons (Fsp3) is 0.263.